The maximum absolute atomic E-state index is 10.2. The molecule has 0 heterocycles. The summed E-state index contributed by atoms with van der Waals surface area (Å²) in [6, 6.07) is 0. The molecular weight excluding hydrogens is 184 g/mol. The fourth-order valence-electron chi connectivity index (χ4n) is 0.453. The quantitative estimate of drug-likeness (QED) is 0.534. The van der Waals surface area contributed by atoms with Crippen molar-refractivity contribution in [1.82, 2.24) is 0 Å². The zero-order valence-electron chi connectivity index (χ0n) is 6.99. The van der Waals surface area contributed by atoms with Crippen LogP contribution in [0.25, 0.3) is 0 Å². The van der Waals surface area contributed by atoms with Gasteiger partial charge in [-0.3, -0.25) is 4.55 Å². The van der Waals surface area contributed by atoms with Crippen LogP contribution in [0.4, 0.5) is 0 Å². The van der Waals surface area contributed by atoms with Gasteiger partial charge in [-0.1, -0.05) is 0 Å². The van der Waals surface area contributed by atoms with E-state index >= 15 is 0 Å². The molecule has 0 aliphatic heterocycles. The van der Waals surface area contributed by atoms with E-state index < -0.39 is 18.4 Å². The monoisotopic (exact) mass is 198 g/mol. The Morgan fingerprint density at radius 2 is 1.82 bits per heavy atom. The molecule has 0 saturated carbocycles. The summed E-state index contributed by atoms with van der Waals surface area (Å²) in [5, 5.41) is 0. The highest BCUT2D eigenvalue weighted by molar-refractivity contribution is 7.85. The topological polar surface area (TPSA) is 63.6 Å². The number of rotatable bonds is 4. The van der Waals surface area contributed by atoms with Gasteiger partial charge in [-0.15, -0.1) is 0 Å². The summed E-state index contributed by atoms with van der Waals surface area (Å²) in [4.78, 5) is 0. The van der Waals surface area contributed by atoms with Crippen molar-refractivity contribution in [3.8, 4) is 0 Å². The molecule has 1 N–H and O–H groups in total. The fraction of sp³-hybridized carbons (Fsp3) is 1.00. The Labute approximate surface area is 68.4 Å². The summed E-state index contributed by atoms with van der Waals surface area (Å²) in [5.41, 5.74) is 0. The molecule has 68 valence electrons. The minimum absolute atomic E-state index is 0.0918. The summed E-state index contributed by atoms with van der Waals surface area (Å²) >= 11 is 0. The molecule has 0 amide bonds. The Hall–Kier alpha value is 0.0869. The van der Waals surface area contributed by atoms with E-state index in [1.54, 1.807) is 0 Å². The predicted octanol–water partition coefficient (Wildman–Crippen LogP) is 0.726. The van der Waals surface area contributed by atoms with Crippen molar-refractivity contribution in [2.75, 3.05) is 12.4 Å². The predicted molar refractivity (Wildman–Crippen MR) is 45.7 cm³/mol. The van der Waals surface area contributed by atoms with Crippen molar-refractivity contribution in [3.05, 3.63) is 0 Å². The lowest BCUT2D eigenvalue weighted by Crippen LogP contribution is -2.28. The average molecular weight is 198 g/mol. The van der Waals surface area contributed by atoms with E-state index in [1.165, 1.54) is 0 Å². The van der Waals surface area contributed by atoms with Gasteiger partial charge >= 0.3 is 0 Å². The van der Waals surface area contributed by atoms with E-state index in [0.29, 0.717) is 0 Å². The zero-order valence-corrected chi connectivity index (χ0v) is 8.81. The molecule has 0 atom stereocenters. The summed E-state index contributed by atoms with van der Waals surface area (Å²) < 4.78 is 33.9. The van der Waals surface area contributed by atoms with Crippen LogP contribution in [0.5, 0.6) is 0 Å². The van der Waals surface area contributed by atoms with Gasteiger partial charge in [0, 0.05) is 0 Å². The van der Waals surface area contributed by atoms with Gasteiger partial charge in [-0.05, 0) is 19.6 Å². The van der Waals surface area contributed by atoms with Crippen molar-refractivity contribution in [2.45, 2.75) is 19.6 Å². The van der Waals surface area contributed by atoms with Crippen molar-refractivity contribution >= 4 is 18.4 Å². The molecule has 0 aromatic carbocycles. The lowest BCUT2D eigenvalue weighted by molar-refractivity contribution is 0.330. The zero-order chi connectivity index (χ0) is 9.12. The second-order valence-corrected chi connectivity index (χ2v) is 9.33. The van der Waals surface area contributed by atoms with E-state index in [1.807, 2.05) is 19.6 Å². The fourth-order valence-corrected chi connectivity index (χ4v) is 1.61. The minimum Gasteiger partial charge on any atom is -0.417 e. The highest BCUT2D eigenvalue weighted by atomic mass is 32.2. The van der Waals surface area contributed by atoms with Gasteiger partial charge in [0.25, 0.3) is 10.1 Å². The molecule has 0 unspecified atom stereocenters. The molecule has 0 saturated heterocycles. The molecule has 6 heteroatoms. The molecule has 4 nitrogen and oxygen atoms in total. The maximum Gasteiger partial charge on any atom is 0.267 e. The number of hydrogen-bond donors (Lipinski definition) is 1. The van der Waals surface area contributed by atoms with Crippen LogP contribution in [0.1, 0.15) is 0 Å². The second kappa shape index (κ2) is 3.66. The smallest absolute Gasteiger partial charge is 0.267 e. The maximum atomic E-state index is 10.2. The molecule has 0 bridgehead atoms. The molecule has 0 fully saturated rings. The molecular formula is C5H14O4SSi. The Kier molecular flexibility index (Phi) is 3.69. The van der Waals surface area contributed by atoms with Gasteiger partial charge < -0.3 is 4.43 Å². The van der Waals surface area contributed by atoms with Crippen LogP contribution in [-0.4, -0.2) is 33.6 Å². The molecule has 0 aliphatic rings. The summed E-state index contributed by atoms with van der Waals surface area (Å²) in [6.45, 7) is 5.96. The first-order chi connectivity index (χ1) is 4.71. The third kappa shape index (κ3) is 10.1. The third-order valence-corrected chi connectivity index (χ3v) is 2.63. The SMILES string of the molecule is C[Si](C)(C)OCCS(=O)(=O)O. The molecule has 0 aromatic heterocycles. The highest BCUT2D eigenvalue weighted by Crippen LogP contribution is 2.01. The standard InChI is InChI=1S/C5H14O4SSi/c1-11(2,3)9-4-5-10(6,7)8/h4-5H2,1-3H3,(H,6,7,8). The first-order valence-corrected chi connectivity index (χ1v) is 8.31. The van der Waals surface area contributed by atoms with E-state index in [4.69, 9.17) is 8.98 Å². The van der Waals surface area contributed by atoms with E-state index in [9.17, 15) is 8.42 Å². The van der Waals surface area contributed by atoms with Crippen LogP contribution in [0.3, 0.4) is 0 Å². The third-order valence-electron chi connectivity index (χ3n) is 0.876. The van der Waals surface area contributed by atoms with Gasteiger partial charge in [0.1, 0.15) is 0 Å². The van der Waals surface area contributed by atoms with Gasteiger partial charge in [-0.25, -0.2) is 0 Å². The van der Waals surface area contributed by atoms with Crippen molar-refractivity contribution in [1.29, 1.82) is 0 Å². The molecule has 0 rings (SSSR count). The van der Waals surface area contributed by atoms with Crippen LogP contribution >= 0.6 is 0 Å². The Morgan fingerprint density at radius 1 is 1.36 bits per heavy atom. The normalized spacial score (nSPS) is 13.5. The van der Waals surface area contributed by atoms with Gasteiger partial charge in [0.15, 0.2) is 8.32 Å². The highest BCUT2D eigenvalue weighted by Gasteiger charge is 2.15. The second-order valence-electron chi connectivity index (χ2n) is 3.25. The van der Waals surface area contributed by atoms with Crippen LogP contribution < -0.4 is 0 Å². The first-order valence-electron chi connectivity index (χ1n) is 3.30. The summed E-state index contributed by atoms with van der Waals surface area (Å²) in [7, 11) is -5.48. The lowest BCUT2D eigenvalue weighted by Gasteiger charge is -2.15. The Morgan fingerprint density at radius 3 is 2.09 bits per heavy atom. The first kappa shape index (κ1) is 11.1. The summed E-state index contributed by atoms with van der Waals surface area (Å²) in [5.74, 6) is -0.308. The van der Waals surface area contributed by atoms with E-state index in [2.05, 4.69) is 0 Å². The van der Waals surface area contributed by atoms with Crippen molar-refractivity contribution in [3.63, 3.8) is 0 Å². The van der Waals surface area contributed by atoms with Gasteiger partial charge in [0.2, 0.25) is 0 Å². The van der Waals surface area contributed by atoms with Crippen molar-refractivity contribution in [2.24, 2.45) is 0 Å². The van der Waals surface area contributed by atoms with Crippen LogP contribution in [0, 0.1) is 0 Å². The lowest BCUT2D eigenvalue weighted by atomic mass is 10.9. The van der Waals surface area contributed by atoms with Crippen LogP contribution in [0.2, 0.25) is 19.6 Å². The molecule has 0 radical (unpaired) electrons. The van der Waals surface area contributed by atoms with Crippen LogP contribution in [-0.2, 0) is 14.5 Å². The molecule has 0 aliphatic carbocycles. The molecule has 0 aromatic rings. The molecule has 11 heavy (non-hydrogen) atoms. The Bertz CT molecular complexity index is 203. The summed E-state index contributed by atoms with van der Waals surface area (Å²) in [6.07, 6.45) is 0. The molecule has 0 spiro atoms. The Balaban J connectivity index is 3.61. The minimum atomic E-state index is -3.85. The van der Waals surface area contributed by atoms with Gasteiger partial charge in [-0.2, -0.15) is 8.42 Å². The average Bonchev–Trinajstić information content (AvgIpc) is 1.55. The van der Waals surface area contributed by atoms with Crippen molar-refractivity contribution < 1.29 is 17.4 Å². The van der Waals surface area contributed by atoms with Gasteiger partial charge in [0.05, 0.1) is 12.4 Å². The van der Waals surface area contributed by atoms with Crippen LogP contribution in [0.15, 0.2) is 0 Å². The van der Waals surface area contributed by atoms with E-state index in [-0.39, 0.29) is 12.4 Å². The largest absolute Gasteiger partial charge is 0.417 e. The number of hydrogen-bond acceptors (Lipinski definition) is 3. The van der Waals surface area contributed by atoms with E-state index in [0.717, 1.165) is 0 Å².